The van der Waals surface area contributed by atoms with Gasteiger partial charge in [-0.1, -0.05) is 32.9 Å². The number of nitrogens with zero attached hydrogens (tertiary/aromatic N) is 1. The van der Waals surface area contributed by atoms with Gasteiger partial charge in [0, 0.05) is 13.6 Å². The molecule has 0 spiro atoms. The van der Waals surface area contributed by atoms with Crippen LogP contribution in [-0.4, -0.2) is 39.9 Å². The summed E-state index contributed by atoms with van der Waals surface area (Å²) in [6, 6.07) is 7.16. The number of benzene rings is 1. The van der Waals surface area contributed by atoms with Crippen LogP contribution in [0.4, 0.5) is 0 Å². The molecule has 0 aliphatic carbocycles. The van der Waals surface area contributed by atoms with E-state index in [1.807, 2.05) is 40.0 Å². The molecule has 0 heterocycles. The molecule has 0 aromatic heterocycles. The molecule has 0 radical (unpaired) electrons. The van der Waals surface area contributed by atoms with E-state index in [9.17, 15) is 8.42 Å². The van der Waals surface area contributed by atoms with Gasteiger partial charge in [-0.2, -0.15) is 0 Å². The molecule has 1 aromatic rings. The van der Waals surface area contributed by atoms with Crippen LogP contribution in [0.25, 0.3) is 0 Å². The standard InChI is InChI=1S/C15H26N2O2S/c1-15(2,3)12-17(5)20(18,19)14-8-6-13(7-9-14)10-11-16-4/h6-9,16H,10-12H2,1-5H3. The zero-order valence-corrected chi connectivity index (χ0v) is 13.9. The van der Waals surface area contributed by atoms with E-state index < -0.39 is 10.0 Å². The Morgan fingerprint density at radius 3 is 2.15 bits per heavy atom. The fraction of sp³-hybridized carbons (Fsp3) is 0.600. The molecule has 0 saturated heterocycles. The molecule has 0 fully saturated rings. The van der Waals surface area contributed by atoms with E-state index in [4.69, 9.17) is 0 Å². The quantitative estimate of drug-likeness (QED) is 0.875. The van der Waals surface area contributed by atoms with Gasteiger partial charge in [0.15, 0.2) is 0 Å². The van der Waals surface area contributed by atoms with Crippen molar-refractivity contribution in [2.75, 3.05) is 27.2 Å². The molecule has 0 aliphatic heterocycles. The second kappa shape index (κ2) is 6.70. The first kappa shape index (κ1) is 17.1. The van der Waals surface area contributed by atoms with Gasteiger partial charge in [0.1, 0.15) is 0 Å². The highest BCUT2D eigenvalue weighted by Gasteiger charge is 2.25. The van der Waals surface area contributed by atoms with Crippen molar-refractivity contribution in [3.05, 3.63) is 29.8 Å². The Bertz CT molecular complexity index is 516. The second-order valence-corrected chi connectivity index (χ2v) is 8.36. The Morgan fingerprint density at radius 1 is 1.15 bits per heavy atom. The van der Waals surface area contributed by atoms with Gasteiger partial charge in [0.05, 0.1) is 4.90 Å². The molecule has 5 heteroatoms. The summed E-state index contributed by atoms with van der Waals surface area (Å²) in [5.41, 5.74) is 1.07. The number of likely N-dealkylation sites (N-methyl/N-ethyl adjacent to an activating group) is 1. The summed E-state index contributed by atoms with van der Waals surface area (Å²) >= 11 is 0. The van der Waals surface area contributed by atoms with Crippen LogP contribution in [0.1, 0.15) is 26.3 Å². The van der Waals surface area contributed by atoms with Crippen molar-refractivity contribution >= 4 is 10.0 Å². The molecule has 0 bridgehead atoms. The van der Waals surface area contributed by atoms with E-state index >= 15 is 0 Å². The third-order valence-corrected chi connectivity index (χ3v) is 4.81. The minimum Gasteiger partial charge on any atom is -0.319 e. The van der Waals surface area contributed by atoms with Crippen LogP contribution in [-0.2, 0) is 16.4 Å². The maximum Gasteiger partial charge on any atom is 0.242 e. The molecular formula is C15H26N2O2S. The highest BCUT2D eigenvalue weighted by Crippen LogP contribution is 2.21. The molecule has 1 N–H and O–H groups in total. The molecule has 0 amide bonds. The van der Waals surface area contributed by atoms with E-state index in [0.717, 1.165) is 18.5 Å². The Hall–Kier alpha value is -0.910. The lowest BCUT2D eigenvalue weighted by Gasteiger charge is -2.26. The number of hydrogen-bond acceptors (Lipinski definition) is 3. The molecule has 114 valence electrons. The van der Waals surface area contributed by atoms with E-state index in [-0.39, 0.29) is 5.41 Å². The minimum atomic E-state index is -3.39. The molecule has 0 saturated carbocycles. The largest absolute Gasteiger partial charge is 0.319 e. The van der Waals surface area contributed by atoms with Crippen molar-refractivity contribution < 1.29 is 8.42 Å². The maximum absolute atomic E-state index is 12.4. The van der Waals surface area contributed by atoms with Gasteiger partial charge in [0.25, 0.3) is 0 Å². The predicted molar refractivity (Wildman–Crippen MR) is 83.3 cm³/mol. The maximum atomic E-state index is 12.4. The molecule has 0 atom stereocenters. The zero-order valence-electron chi connectivity index (χ0n) is 13.1. The van der Waals surface area contributed by atoms with E-state index in [0.29, 0.717) is 11.4 Å². The molecule has 1 aromatic carbocycles. The van der Waals surface area contributed by atoms with E-state index in [1.54, 1.807) is 19.2 Å². The Kier molecular flexibility index (Phi) is 5.74. The van der Waals surface area contributed by atoms with Crippen LogP contribution in [0.3, 0.4) is 0 Å². The van der Waals surface area contributed by atoms with Crippen LogP contribution in [0.5, 0.6) is 0 Å². The molecule has 0 unspecified atom stereocenters. The smallest absolute Gasteiger partial charge is 0.242 e. The van der Waals surface area contributed by atoms with Gasteiger partial charge in [-0.15, -0.1) is 0 Å². The molecular weight excluding hydrogens is 272 g/mol. The third-order valence-electron chi connectivity index (χ3n) is 2.99. The lowest BCUT2D eigenvalue weighted by atomic mass is 9.97. The fourth-order valence-electron chi connectivity index (χ4n) is 2.03. The van der Waals surface area contributed by atoms with Crippen molar-refractivity contribution in [2.45, 2.75) is 32.1 Å². The van der Waals surface area contributed by atoms with Crippen molar-refractivity contribution in [1.29, 1.82) is 0 Å². The first-order chi connectivity index (χ1) is 9.16. The highest BCUT2D eigenvalue weighted by atomic mass is 32.2. The second-order valence-electron chi connectivity index (χ2n) is 6.32. The summed E-state index contributed by atoms with van der Waals surface area (Å²) < 4.78 is 26.3. The van der Waals surface area contributed by atoms with Gasteiger partial charge >= 0.3 is 0 Å². The molecule has 0 aliphatic rings. The molecule has 1 rings (SSSR count). The molecule has 20 heavy (non-hydrogen) atoms. The lowest BCUT2D eigenvalue weighted by molar-refractivity contribution is 0.311. The average molecular weight is 298 g/mol. The number of sulfonamides is 1. The summed E-state index contributed by atoms with van der Waals surface area (Å²) in [5, 5.41) is 3.08. The summed E-state index contributed by atoms with van der Waals surface area (Å²) in [7, 11) is 0.146. The van der Waals surface area contributed by atoms with Gasteiger partial charge < -0.3 is 5.32 Å². The van der Waals surface area contributed by atoms with E-state index in [2.05, 4.69) is 5.32 Å². The Balaban J connectivity index is 2.87. The first-order valence-electron chi connectivity index (χ1n) is 6.87. The summed E-state index contributed by atoms with van der Waals surface area (Å²) in [5.74, 6) is 0. The minimum absolute atomic E-state index is 0.0610. The summed E-state index contributed by atoms with van der Waals surface area (Å²) in [4.78, 5) is 0.359. The van der Waals surface area contributed by atoms with Crippen LogP contribution < -0.4 is 5.32 Å². The van der Waals surface area contributed by atoms with Crippen molar-refractivity contribution in [3.63, 3.8) is 0 Å². The SMILES string of the molecule is CNCCc1ccc(S(=O)(=O)N(C)CC(C)(C)C)cc1. The Morgan fingerprint density at radius 2 is 1.70 bits per heavy atom. The third kappa shape index (κ3) is 4.89. The lowest BCUT2D eigenvalue weighted by Crippen LogP contribution is -2.34. The van der Waals surface area contributed by atoms with Crippen molar-refractivity contribution in [3.8, 4) is 0 Å². The van der Waals surface area contributed by atoms with Crippen LogP contribution in [0, 0.1) is 5.41 Å². The normalized spacial score (nSPS) is 12.9. The first-order valence-corrected chi connectivity index (χ1v) is 8.31. The average Bonchev–Trinajstić information content (AvgIpc) is 2.34. The van der Waals surface area contributed by atoms with Gasteiger partial charge in [0.2, 0.25) is 10.0 Å². The van der Waals surface area contributed by atoms with E-state index in [1.165, 1.54) is 4.31 Å². The summed E-state index contributed by atoms with van der Waals surface area (Å²) in [6.07, 6.45) is 0.897. The zero-order chi connectivity index (χ0) is 15.4. The van der Waals surface area contributed by atoms with Crippen molar-refractivity contribution in [2.24, 2.45) is 5.41 Å². The topological polar surface area (TPSA) is 49.4 Å². The molecule has 4 nitrogen and oxygen atoms in total. The van der Waals surface area contributed by atoms with Gasteiger partial charge in [-0.25, -0.2) is 12.7 Å². The monoisotopic (exact) mass is 298 g/mol. The number of rotatable bonds is 6. The van der Waals surface area contributed by atoms with Crippen LogP contribution in [0.2, 0.25) is 0 Å². The Labute approximate surface area is 123 Å². The number of nitrogens with one attached hydrogen (secondary N) is 1. The number of hydrogen-bond donors (Lipinski definition) is 1. The van der Waals surface area contributed by atoms with Crippen molar-refractivity contribution in [1.82, 2.24) is 9.62 Å². The summed E-state index contributed by atoms with van der Waals surface area (Å²) in [6.45, 7) is 7.46. The fourth-order valence-corrected chi connectivity index (χ4v) is 3.43. The van der Waals surface area contributed by atoms with Gasteiger partial charge in [-0.05, 0) is 43.1 Å². The predicted octanol–water partition coefficient (Wildman–Crippen LogP) is 2.12. The van der Waals surface area contributed by atoms with Gasteiger partial charge in [-0.3, -0.25) is 0 Å². The van der Waals surface area contributed by atoms with Crippen LogP contribution >= 0.6 is 0 Å². The highest BCUT2D eigenvalue weighted by molar-refractivity contribution is 7.89. The van der Waals surface area contributed by atoms with Crippen LogP contribution in [0.15, 0.2) is 29.2 Å².